The van der Waals surface area contributed by atoms with Gasteiger partial charge in [-0.1, -0.05) is 6.92 Å². The fraction of sp³-hybridized carbons (Fsp3) is 0.538. The molecule has 21 heavy (non-hydrogen) atoms. The molecule has 0 radical (unpaired) electrons. The molecule has 1 N–H and O–H groups in total. The molecule has 1 rings (SSSR count). The summed E-state index contributed by atoms with van der Waals surface area (Å²) in [5, 5.41) is 8.87. The van der Waals surface area contributed by atoms with Gasteiger partial charge < -0.3 is 10.0 Å². The Kier molecular flexibility index (Phi) is 5.45. The van der Waals surface area contributed by atoms with E-state index < -0.39 is 29.7 Å². The van der Waals surface area contributed by atoms with E-state index in [9.17, 15) is 19.2 Å². The van der Waals surface area contributed by atoms with Crippen LogP contribution in [-0.2, 0) is 23.2 Å². The first-order valence-electron chi connectivity index (χ1n) is 6.55. The number of aliphatic carboxylic acids is 1. The van der Waals surface area contributed by atoms with Crippen LogP contribution < -0.4 is 11.2 Å². The zero-order chi connectivity index (χ0) is 16.2. The number of hydrogen-bond donors (Lipinski definition) is 1. The van der Waals surface area contributed by atoms with Gasteiger partial charge in [-0.15, -0.1) is 0 Å². The molecule has 116 valence electrons. The van der Waals surface area contributed by atoms with E-state index in [1.165, 1.54) is 24.2 Å². The summed E-state index contributed by atoms with van der Waals surface area (Å²) in [5.41, 5.74) is -1.08. The summed E-state index contributed by atoms with van der Waals surface area (Å²) in [6.07, 6.45) is 1.83. The minimum absolute atomic E-state index is 0.253. The largest absolute Gasteiger partial charge is 0.480 e. The van der Waals surface area contributed by atoms with Crippen molar-refractivity contribution in [2.75, 3.05) is 6.54 Å². The second-order valence-electron chi connectivity index (χ2n) is 4.80. The third kappa shape index (κ3) is 4.04. The molecule has 0 saturated carbocycles. The van der Waals surface area contributed by atoms with E-state index in [1.54, 1.807) is 6.92 Å². The number of carboxylic acids is 1. The molecule has 0 bridgehead atoms. The number of carboxylic acid groups (broad SMARTS) is 1. The van der Waals surface area contributed by atoms with Gasteiger partial charge in [0.2, 0.25) is 5.91 Å². The normalized spacial score (nSPS) is 12.0. The van der Waals surface area contributed by atoms with Crippen LogP contribution >= 0.6 is 0 Å². The maximum absolute atomic E-state index is 12.2. The van der Waals surface area contributed by atoms with Gasteiger partial charge in [0.05, 0.1) is 0 Å². The van der Waals surface area contributed by atoms with E-state index in [0.29, 0.717) is 6.42 Å². The molecule has 1 unspecified atom stereocenters. The molecule has 1 atom stereocenters. The Balaban J connectivity index is 3.02. The highest BCUT2D eigenvalue weighted by Gasteiger charge is 2.22. The van der Waals surface area contributed by atoms with Gasteiger partial charge in [-0.25, -0.2) is 4.79 Å². The second kappa shape index (κ2) is 6.87. The summed E-state index contributed by atoms with van der Waals surface area (Å²) in [6.45, 7) is 2.86. The first kappa shape index (κ1) is 16.7. The fourth-order valence-electron chi connectivity index (χ4n) is 1.83. The van der Waals surface area contributed by atoms with Crippen molar-refractivity contribution in [3.63, 3.8) is 0 Å². The Hall–Kier alpha value is -2.38. The van der Waals surface area contributed by atoms with Crippen LogP contribution in [-0.4, -0.2) is 43.6 Å². The van der Waals surface area contributed by atoms with Crippen LogP contribution in [0, 0.1) is 0 Å². The molecule has 0 aromatic carbocycles. The Labute approximate surface area is 121 Å². The van der Waals surface area contributed by atoms with E-state index in [4.69, 9.17) is 5.11 Å². The molecule has 0 spiro atoms. The molecule has 1 amide bonds. The highest BCUT2D eigenvalue weighted by atomic mass is 16.4. The summed E-state index contributed by atoms with van der Waals surface area (Å²) in [7, 11) is 1.31. The third-order valence-electron chi connectivity index (χ3n) is 3.31. The molecule has 0 aliphatic rings. The van der Waals surface area contributed by atoms with Gasteiger partial charge in [0, 0.05) is 25.4 Å². The van der Waals surface area contributed by atoms with Gasteiger partial charge in [-0.3, -0.25) is 23.5 Å². The lowest BCUT2D eigenvalue weighted by Gasteiger charge is -2.27. The zero-order valence-electron chi connectivity index (χ0n) is 12.3. The van der Waals surface area contributed by atoms with Crippen LogP contribution in [0.5, 0.6) is 0 Å². The maximum atomic E-state index is 12.2. The lowest BCUT2D eigenvalue weighted by molar-refractivity contribution is -0.146. The van der Waals surface area contributed by atoms with E-state index in [1.807, 2.05) is 6.92 Å². The number of aromatic nitrogens is 2. The first-order chi connectivity index (χ1) is 9.77. The summed E-state index contributed by atoms with van der Waals surface area (Å²) < 4.78 is 1.97. The Morgan fingerprint density at radius 1 is 1.38 bits per heavy atom. The summed E-state index contributed by atoms with van der Waals surface area (Å²) in [6, 6.07) is 0.927. The van der Waals surface area contributed by atoms with Crippen molar-refractivity contribution in [2.45, 2.75) is 32.9 Å². The molecule has 1 heterocycles. The summed E-state index contributed by atoms with van der Waals surface area (Å²) in [4.78, 5) is 47.4. The van der Waals surface area contributed by atoms with Crippen molar-refractivity contribution < 1.29 is 14.7 Å². The van der Waals surface area contributed by atoms with Crippen molar-refractivity contribution in [3.05, 3.63) is 33.1 Å². The van der Waals surface area contributed by atoms with Gasteiger partial charge in [-0.05, 0) is 13.3 Å². The summed E-state index contributed by atoms with van der Waals surface area (Å²) in [5.74, 6) is -1.59. The highest BCUT2D eigenvalue weighted by molar-refractivity contribution is 5.81. The van der Waals surface area contributed by atoms with Crippen LogP contribution in [0.25, 0.3) is 0 Å². The third-order valence-corrected chi connectivity index (χ3v) is 3.31. The number of hydrogen-bond acceptors (Lipinski definition) is 4. The minimum Gasteiger partial charge on any atom is -0.480 e. The molecule has 0 saturated heterocycles. The van der Waals surface area contributed by atoms with Gasteiger partial charge in [0.15, 0.2) is 0 Å². The van der Waals surface area contributed by atoms with E-state index in [-0.39, 0.29) is 12.6 Å². The fourth-order valence-corrected chi connectivity index (χ4v) is 1.83. The Morgan fingerprint density at radius 2 is 2.00 bits per heavy atom. The molecule has 8 nitrogen and oxygen atoms in total. The van der Waals surface area contributed by atoms with Gasteiger partial charge in [-0.2, -0.15) is 0 Å². The summed E-state index contributed by atoms with van der Waals surface area (Å²) >= 11 is 0. The quantitative estimate of drug-likeness (QED) is 0.745. The SMILES string of the molecule is CCC(C)N(CC(=O)O)C(=O)Cn1ccc(=O)n(C)c1=O. The lowest BCUT2D eigenvalue weighted by Crippen LogP contribution is -2.46. The second-order valence-corrected chi connectivity index (χ2v) is 4.80. The predicted octanol–water partition coefficient (Wildman–Crippen LogP) is -0.741. The molecule has 0 fully saturated rings. The number of nitrogens with zero attached hydrogens (tertiary/aromatic N) is 3. The van der Waals surface area contributed by atoms with Gasteiger partial charge in [0.1, 0.15) is 13.1 Å². The van der Waals surface area contributed by atoms with Crippen LogP contribution in [0.3, 0.4) is 0 Å². The molecule has 1 aromatic heterocycles. The molecule has 0 aliphatic heterocycles. The van der Waals surface area contributed by atoms with Crippen LogP contribution in [0.4, 0.5) is 0 Å². The maximum Gasteiger partial charge on any atom is 0.331 e. The Morgan fingerprint density at radius 3 is 2.52 bits per heavy atom. The highest BCUT2D eigenvalue weighted by Crippen LogP contribution is 2.04. The zero-order valence-corrected chi connectivity index (χ0v) is 12.3. The standard InChI is InChI=1S/C13H19N3O5/c1-4-9(2)16(8-12(19)20)11(18)7-15-6-5-10(17)14(3)13(15)21/h5-6,9H,4,7-8H2,1-3H3,(H,19,20). The number of rotatable bonds is 6. The van der Waals surface area contributed by atoms with Crippen LogP contribution in [0.1, 0.15) is 20.3 Å². The van der Waals surface area contributed by atoms with Crippen molar-refractivity contribution >= 4 is 11.9 Å². The first-order valence-corrected chi connectivity index (χ1v) is 6.55. The van der Waals surface area contributed by atoms with Crippen molar-refractivity contribution in [2.24, 2.45) is 7.05 Å². The average molecular weight is 297 g/mol. The van der Waals surface area contributed by atoms with Crippen molar-refractivity contribution in [1.82, 2.24) is 14.0 Å². The van der Waals surface area contributed by atoms with Crippen molar-refractivity contribution in [3.8, 4) is 0 Å². The lowest BCUT2D eigenvalue weighted by atomic mass is 10.2. The van der Waals surface area contributed by atoms with Gasteiger partial charge >= 0.3 is 11.7 Å². The van der Waals surface area contributed by atoms with E-state index in [0.717, 1.165) is 9.13 Å². The average Bonchev–Trinajstić information content (AvgIpc) is 2.44. The molecule has 1 aromatic rings. The molecular weight excluding hydrogens is 278 g/mol. The van der Waals surface area contributed by atoms with E-state index >= 15 is 0 Å². The Bertz CT molecular complexity index is 646. The smallest absolute Gasteiger partial charge is 0.331 e. The molecule has 8 heteroatoms. The molecular formula is C13H19N3O5. The topological polar surface area (TPSA) is 102 Å². The van der Waals surface area contributed by atoms with Crippen LogP contribution in [0.15, 0.2) is 21.9 Å². The number of carbonyl (C=O) groups is 2. The van der Waals surface area contributed by atoms with Gasteiger partial charge in [0.25, 0.3) is 5.56 Å². The number of amides is 1. The predicted molar refractivity (Wildman–Crippen MR) is 75.0 cm³/mol. The molecule has 0 aliphatic carbocycles. The van der Waals surface area contributed by atoms with E-state index in [2.05, 4.69) is 0 Å². The van der Waals surface area contributed by atoms with Crippen LogP contribution in [0.2, 0.25) is 0 Å². The van der Waals surface area contributed by atoms with Crippen molar-refractivity contribution in [1.29, 1.82) is 0 Å². The minimum atomic E-state index is -1.11. The monoisotopic (exact) mass is 297 g/mol. The number of carbonyl (C=O) groups excluding carboxylic acids is 1.